The van der Waals surface area contributed by atoms with Crippen molar-refractivity contribution in [3.8, 4) is 11.8 Å². The van der Waals surface area contributed by atoms with E-state index in [9.17, 15) is 19.2 Å². The average Bonchev–Trinajstić information content (AvgIpc) is 2.97. The zero-order valence-corrected chi connectivity index (χ0v) is 17.1. The van der Waals surface area contributed by atoms with E-state index in [1.807, 2.05) is 13.0 Å². The van der Waals surface area contributed by atoms with Crippen LogP contribution in [0, 0.1) is 44.8 Å². The van der Waals surface area contributed by atoms with Crippen LogP contribution >= 0.6 is 11.6 Å². The van der Waals surface area contributed by atoms with Crippen molar-refractivity contribution in [2.75, 3.05) is 0 Å². The first-order valence-corrected chi connectivity index (χ1v) is 9.19. The minimum Gasteiger partial charge on any atom is -0.318 e. The fourth-order valence-corrected chi connectivity index (χ4v) is 3.47. The van der Waals surface area contributed by atoms with E-state index in [-0.39, 0.29) is 22.9 Å². The number of aromatic nitrogens is 3. The molecule has 0 fully saturated rings. The molecule has 1 aromatic carbocycles. The average molecular weight is 413 g/mol. The Morgan fingerprint density at radius 3 is 2.55 bits per heavy atom. The van der Waals surface area contributed by atoms with Gasteiger partial charge < -0.3 is 4.57 Å². The van der Waals surface area contributed by atoms with Gasteiger partial charge >= 0.3 is 0 Å². The highest BCUT2D eigenvalue weighted by atomic mass is 35.5. The largest absolute Gasteiger partial charge is 0.318 e. The van der Waals surface area contributed by atoms with Crippen molar-refractivity contribution in [1.82, 2.24) is 14.3 Å². The van der Waals surface area contributed by atoms with Crippen LogP contribution in [-0.4, -0.2) is 20.1 Å². The molecule has 0 aliphatic carbocycles. The quantitative estimate of drug-likeness (QED) is 0.610. The van der Waals surface area contributed by atoms with Crippen LogP contribution in [0.25, 0.3) is 5.69 Å². The highest BCUT2D eigenvalue weighted by molar-refractivity contribution is 6.30. The van der Waals surface area contributed by atoms with E-state index >= 15 is 0 Å². The molecule has 0 spiro atoms. The molecule has 3 aromatic rings. The topological polar surface area (TPSA) is 80.7 Å². The SMILES string of the molecule is Cc1nn(CC(=O)c2cc(C)n(-c3ccc(F)c(Cl)c3)c2C)c(=O)c(C#N)c1C. The molecule has 0 unspecified atom stereocenters. The summed E-state index contributed by atoms with van der Waals surface area (Å²) in [7, 11) is 0. The third-order valence-electron chi connectivity index (χ3n) is 4.93. The molecule has 0 aliphatic heterocycles. The summed E-state index contributed by atoms with van der Waals surface area (Å²) >= 11 is 5.89. The Morgan fingerprint density at radius 1 is 1.24 bits per heavy atom. The normalized spacial score (nSPS) is 10.8. The van der Waals surface area contributed by atoms with Crippen molar-refractivity contribution in [3.05, 3.63) is 79.2 Å². The number of carbonyl (C=O) groups is 1. The summed E-state index contributed by atoms with van der Waals surface area (Å²) in [5, 5.41) is 13.4. The van der Waals surface area contributed by atoms with Crippen molar-refractivity contribution < 1.29 is 9.18 Å². The number of hydrogen-bond acceptors (Lipinski definition) is 4. The molecular formula is C21H18ClFN4O2. The summed E-state index contributed by atoms with van der Waals surface area (Å²) in [5.41, 5.74) is 2.83. The highest BCUT2D eigenvalue weighted by Crippen LogP contribution is 2.25. The number of carbonyl (C=O) groups excluding carboxylic acids is 1. The van der Waals surface area contributed by atoms with Gasteiger partial charge in [0, 0.05) is 22.6 Å². The molecular weight excluding hydrogens is 395 g/mol. The van der Waals surface area contributed by atoms with Gasteiger partial charge in [-0.05, 0) is 57.5 Å². The number of ketones is 1. The first-order valence-electron chi connectivity index (χ1n) is 8.81. The molecule has 2 aromatic heterocycles. The monoisotopic (exact) mass is 412 g/mol. The van der Waals surface area contributed by atoms with E-state index in [0.29, 0.717) is 28.2 Å². The second-order valence-corrected chi connectivity index (χ2v) is 7.21. The predicted molar refractivity (Wildman–Crippen MR) is 107 cm³/mol. The third-order valence-corrected chi connectivity index (χ3v) is 5.22. The molecule has 6 nitrogen and oxygen atoms in total. The minimum atomic E-state index is -0.594. The lowest BCUT2D eigenvalue weighted by atomic mass is 10.1. The van der Waals surface area contributed by atoms with E-state index < -0.39 is 11.4 Å². The Labute approximate surface area is 171 Å². The molecule has 148 valence electrons. The van der Waals surface area contributed by atoms with Crippen LogP contribution in [0.4, 0.5) is 4.39 Å². The lowest BCUT2D eigenvalue weighted by Gasteiger charge is -2.11. The van der Waals surface area contributed by atoms with Crippen LogP contribution in [0.1, 0.15) is 38.6 Å². The zero-order chi connectivity index (χ0) is 21.5. The van der Waals surface area contributed by atoms with Crippen molar-refractivity contribution in [3.63, 3.8) is 0 Å². The number of aryl methyl sites for hydroxylation is 2. The molecule has 0 aliphatic rings. The van der Waals surface area contributed by atoms with Gasteiger partial charge in [0.15, 0.2) is 5.78 Å². The minimum absolute atomic E-state index is 0.0159. The van der Waals surface area contributed by atoms with Gasteiger partial charge in [0.1, 0.15) is 24.0 Å². The number of rotatable bonds is 4. The number of nitriles is 1. The summed E-state index contributed by atoms with van der Waals surface area (Å²) in [5.74, 6) is -0.845. The molecule has 3 rings (SSSR count). The summed E-state index contributed by atoms with van der Waals surface area (Å²) in [6.07, 6.45) is 0. The summed E-state index contributed by atoms with van der Waals surface area (Å²) in [6.45, 7) is 6.61. The van der Waals surface area contributed by atoms with Crippen molar-refractivity contribution in [2.24, 2.45) is 0 Å². The standard InChI is InChI=1S/C21H18ClFN4O2/c1-11-7-16(14(4)27(11)15-5-6-19(23)18(22)8-15)20(28)10-26-21(29)17(9-24)12(2)13(3)25-26/h5-8H,10H2,1-4H3. The van der Waals surface area contributed by atoms with Gasteiger partial charge in [-0.1, -0.05) is 11.6 Å². The lowest BCUT2D eigenvalue weighted by Crippen LogP contribution is -2.30. The van der Waals surface area contributed by atoms with E-state index in [1.54, 1.807) is 37.5 Å². The Morgan fingerprint density at radius 2 is 1.93 bits per heavy atom. The molecule has 29 heavy (non-hydrogen) atoms. The molecule has 0 bridgehead atoms. The van der Waals surface area contributed by atoms with Crippen LogP contribution in [0.3, 0.4) is 0 Å². The Hall–Kier alpha value is -3.24. The van der Waals surface area contributed by atoms with Gasteiger partial charge in [-0.25, -0.2) is 9.07 Å². The molecule has 0 saturated carbocycles. The van der Waals surface area contributed by atoms with E-state index in [1.165, 1.54) is 12.1 Å². The van der Waals surface area contributed by atoms with Gasteiger partial charge in [0.25, 0.3) is 5.56 Å². The van der Waals surface area contributed by atoms with Crippen LogP contribution < -0.4 is 5.56 Å². The second kappa shape index (κ2) is 7.64. The highest BCUT2D eigenvalue weighted by Gasteiger charge is 2.20. The van der Waals surface area contributed by atoms with Gasteiger partial charge in [0.2, 0.25) is 0 Å². The van der Waals surface area contributed by atoms with Gasteiger partial charge in [-0.15, -0.1) is 0 Å². The van der Waals surface area contributed by atoms with Crippen molar-refractivity contribution in [2.45, 2.75) is 34.2 Å². The number of benzene rings is 1. The number of halogens is 2. The van der Waals surface area contributed by atoms with Gasteiger partial charge in [-0.2, -0.15) is 10.4 Å². The van der Waals surface area contributed by atoms with Gasteiger partial charge in [0.05, 0.1) is 10.7 Å². The van der Waals surface area contributed by atoms with E-state index in [4.69, 9.17) is 11.6 Å². The number of nitrogens with zero attached hydrogens (tertiary/aromatic N) is 4. The summed E-state index contributed by atoms with van der Waals surface area (Å²) in [4.78, 5) is 25.4. The fourth-order valence-electron chi connectivity index (χ4n) is 3.30. The Balaban J connectivity index is 2.02. The van der Waals surface area contributed by atoms with E-state index in [0.717, 1.165) is 10.4 Å². The van der Waals surface area contributed by atoms with E-state index in [2.05, 4.69) is 5.10 Å². The first-order chi connectivity index (χ1) is 13.6. The third kappa shape index (κ3) is 3.59. The maximum Gasteiger partial charge on any atom is 0.285 e. The predicted octanol–water partition coefficient (Wildman–Crippen LogP) is 3.81. The lowest BCUT2D eigenvalue weighted by molar-refractivity contribution is 0.0965. The Kier molecular flexibility index (Phi) is 5.40. The van der Waals surface area contributed by atoms with Crippen molar-refractivity contribution in [1.29, 1.82) is 5.26 Å². The molecule has 0 atom stereocenters. The van der Waals surface area contributed by atoms with Crippen LogP contribution in [0.15, 0.2) is 29.1 Å². The maximum absolute atomic E-state index is 13.5. The first kappa shape index (κ1) is 20.5. The maximum atomic E-state index is 13.5. The summed E-state index contributed by atoms with van der Waals surface area (Å²) in [6, 6.07) is 7.91. The Bertz CT molecular complexity index is 1250. The molecule has 0 N–H and O–H groups in total. The number of hydrogen-bond donors (Lipinski definition) is 0. The van der Waals surface area contributed by atoms with Crippen molar-refractivity contribution >= 4 is 17.4 Å². The molecule has 2 heterocycles. The zero-order valence-electron chi connectivity index (χ0n) is 16.4. The van der Waals surface area contributed by atoms with Gasteiger partial charge in [-0.3, -0.25) is 9.59 Å². The second-order valence-electron chi connectivity index (χ2n) is 6.80. The molecule has 8 heteroatoms. The smallest absolute Gasteiger partial charge is 0.285 e. The molecule has 0 saturated heterocycles. The number of Topliss-reactive ketones (excluding diaryl/α,β-unsaturated/α-hetero) is 1. The summed E-state index contributed by atoms with van der Waals surface area (Å²) < 4.78 is 16.3. The fraction of sp³-hybridized carbons (Fsp3) is 0.238. The molecule has 0 amide bonds. The van der Waals surface area contributed by atoms with Crippen LogP contribution in [0.5, 0.6) is 0 Å². The van der Waals surface area contributed by atoms with Crippen LogP contribution in [-0.2, 0) is 6.54 Å². The van der Waals surface area contributed by atoms with Crippen LogP contribution in [0.2, 0.25) is 5.02 Å². The molecule has 0 radical (unpaired) electrons.